The second kappa shape index (κ2) is 13.4. The SMILES string of the molecule is COc1cc(CO)cc2c1OC1C2C(C(=O)NCCO)=CC(N(CCc2cccc(F)c2)C(=O)c2cc3ccccc3oc2=O)C1O. The van der Waals surface area contributed by atoms with Crippen molar-refractivity contribution in [2.24, 2.45) is 0 Å². The Morgan fingerprint density at radius 1 is 1.04 bits per heavy atom. The molecule has 244 valence electrons. The summed E-state index contributed by atoms with van der Waals surface area (Å²) in [6.07, 6.45) is -0.904. The molecule has 2 heterocycles. The van der Waals surface area contributed by atoms with Crippen LogP contribution in [0.2, 0.25) is 0 Å². The number of rotatable bonds is 10. The van der Waals surface area contributed by atoms with Crippen LogP contribution in [0, 0.1) is 5.82 Å². The Balaban J connectivity index is 1.47. The second-order valence-electron chi connectivity index (χ2n) is 11.4. The van der Waals surface area contributed by atoms with Crippen LogP contribution in [0.3, 0.4) is 0 Å². The van der Waals surface area contributed by atoms with Crippen molar-refractivity contribution in [3.8, 4) is 11.5 Å². The molecule has 4 atom stereocenters. The molecule has 0 saturated carbocycles. The van der Waals surface area contributed by atoms with Crippen LogP contribution in [0.5, 0.6) is 11.5 Å². The third kappa shape index (κ3) is 6.10. The van der Waals surface area contributed by atoms with Gasteiger partial charge in [0, 0.05) is 29.6 Å². The zero-order valence-electron chi connectivity index (χ0n) is 25.4. The lowest BCUT2D eigenvalue weighted by molar-refractivity contribution is -0.118. The molecular formula is C35H33FN2O9. The predicted octanol–water partition coefficient (Wildman–Crippen LogP) is 2.44. The van der Waals surface area contributed by atoms with Gasteiger partial charge in [0.15, 0.2) is 11.5 Å². The van der Waals surface area contributed by atoms with Gasteiger partial charge >= 0.3 is 5.63 Å². The zero-order chi connectivity index (χ0) is 33.2. The van der Waals surface area contributed by atoms with Gasteiger partial charge < -0.3 is 39.4 Å². The summed E-state index contributed by atoms with van der Waals surface area (Å²) in [5.74, 6) is -2.09. The number of hydrogen-bond donors (Lipinski definition) is 4. The monoisotopic (exact) mass is 644 g/mol. The summed E-state index contributed by atoms with van der Waals surface area (Å²) in [4.78, 5) is 42.3. The highest BCUT2D eigenvalue weighted by molar-refractivity contribution is 5.98. The fourth-order valence-electron chi connectivity index (χ4n) is 6.31. The molecule has 11 nitrogen and oxygen atoms in total. The molecule has 47 heavy (non-hydrogen) atoms. The summed E-state index contributed by atoms with van der Waals surface area (Å²) in [5, 5.41) is 34.4. The average Bonchev–Trinajstić information content (AvgIpc) is 3.47. The number of carbonyl (C=O) groups is 2. The van der Waals surface area contributed by atoms with Crippen molar-refractivity contribution < 1.29 is 43.2 Å². The number of hydrogen-bond acceptors (Lipinski definition) is 9. The van der Waals surface area contributed by atoms with Gasteiger partial charge in [-0.1, -0.05) is 30.3 Å². The van der Waals surface area contributed by atoms with Crippen molar-refractivity contribution in [2.75, 3.05) is 26.8 Å². The van der Waals surface area contributed by atoms with E-state index in [0.717, 1.165) is 0 Å². The number of carbonyl (C=O) groups excluding carboxylic acids is 2. The Morgan fingerprint density at radius 3 is 2.60 bits per heavy atom. The first-order valence-electron chi connectivity index (χ1n) is 15.1. The minimum Gasteiger partial charge on any atom is -0.493 e. The number of nitrogens with one attached hydrogen (secondary N) is 1. The largest absolute Gasteiger partial charge is 0.493 e. The van der Waals surface area contributed by atoms with E-state index in [1.165, 1.54) is 42.4 Å². The molecular weight excluding hydrogens is 611 g/mol. The van der Waals surface area contributed by atoms with Crippen molar-refractivity contribution in [1.29, 1.82) is 0 Å². The van der Waals surface area contributed by atoms with Crippen LogP contribution in [0.15, 0.2) is 87.6 Å². The number of benzene rings is 3. The number of methoxy groups -OCH3 is 1. The minimum absolute atomic E-state index is 0.0607. The van der Waals surface area contributed by atoms with Crippen molar-refractivity contribution in [2.45, 2.75) is 37.2 Å². The summed E-state index contributed by atoms with van der Waals surface area (Å²) >= 11 is 0. The Kier molecular flexibility index (Phi) is 9.08. The van der Waals surface area contributed by atoms with Gasteiger partial charge in [0.25, 0.3) is 5.91 Å². The zero-order valence-corrected chi connectivity index (χ0v) is 25.4. The highest BCUT2D eigenvalue weighted by atomic mass is 19.1. The molecule has 2 amide bonds. The molecule has 0 fully saturated rings. The Morgan fingerprint density at radius 2 is 1.85 bits per heavy atom. The molecule has 1 aliphatic heterocycles. The second-order valence-corrected chi connectivity index (χ2v) is 11.4. The number of aliphatic hydroxyl groups is 3. The maximum absolute atomic E-state index is 14.3. The third-order valence-electron chi connectivity index (χ3n) is 8.52. The van der Waals surface area contributed by atoms with Crippen molar-refractivity contribution >= 4 is 22.8 Å². The first-order valence-corrected chi connectivity index (χ1v) is 15.1. The smallest absolute Gasteiger partial charge is 0.349 e. The fourth-order valence-corrected chi connectivity index (χ4v) is 6.31. The molecule has 0 saturated heterocycles. The van der Waals surface area contributed by atoms with E-state index in [1.54, 1.807) is 42.5 Å². The number of para-hydroxylation sites is 1. The number of ether oxygens (including phenoxy) is 2. The third-order valence-corrected chi connectivity index (χ3v) is 8.52. The molecule has 6 rings (SSSR count). The van der Waals surface area contributed by atoms with Crippen LogP contribution >= 0.6 is 0 Å². The topological polar surface area (TPSA) is 159 Å². The van der Waals surface area contributed by atoms with E-state index in [9.17, 15) is 34.1 Å². The number of halogens is 1. The van der Waals surface area contributed by atoms with Crippen LogP contribution in [-0.4, -0.2) is 77.1 Å². The summed E-state index contributed by atoms with van der Waals surface area (Å²) < 4.78 is 31.3. The first kappa shape index (κ1) is 31.9. The van der Waals surface area contributed by atoms with Crippen molar-refractivity contribution in [3.05, 3.63) is 117 Å². The maximum Gasteiger partial charge on any atom is 0.349 e. The summed E-state index contributed by atoms with van der Waals surface area (Å²) in [6, 6.07) is 16.0. The molecule has 4 N–H and O–H groups in total. The maximum atomic E-state index is 14.3. The standard InChI is InChI=1S/C35H33FN2O9/c1-45-28-15-20(18-40)14-23-29-24(33(42)37-10-12-39)17-26(30(41)32(29)47-31(23)28)38(11-9-19-5-4-7-22(36)13-19)34(43)25-16-21-6-2-3-8-27(21)46-35(25)44/h2-8,13-17,26,29-30,32,39-41H,9-12,18H2,1H3,(H,37,42). The quantitative estimate of drug-likeness (QED) is 0.190. The molecule has 3 aromatic carbocycles. The molecule has 2 aliphatic rings. The molecule has 0 spiro atoms. The van der Waals surface area contributed by atoms with E-state index in [1.807, 2.05) is 0 Å². The molecule has 1 aromatic heterocycles. The summed E-state index contributed by atoms with van der Waals surface area (Å²) in [6.45, 7) is -0.793. The van der Waals surface area contributed by atoms with Crippen molar-refractivity contribution in [3.63, 3.8) is 0 Å². The van der Waals surface area contributed by atoms with Gasteiger partial charge in [0.05, 0.1) is 32.3 Å². The van der Waals surface area contributed by atoms with E-state index in [2.05, 4.69) is 5.32 Å². The van der Waals surface area contributed by atoms with Gasteiger partial charge in [0.2, 0.25) is 5.91 Å². The van der Waals surface area contributed by atoms with Crippen LogP contribution < -0.4 is 20.4 Å². The van der Waals surface area contributed by atoms with Gasteiger partial charge in [-0.25, -0.2) is 9.18 Å². The number of aliphatic hydroxyl groups excluding tert-OH is 3. The lowest BCUT2D eigenvalue weighted by atomic mass is 9.77. The van der Waals surface area contributed by atoms with Crippen LogP contribution in [0.25, 0.3) is 11.0 Å². The number of nitrogens with zero attached hydrogens (tertiary/aromatic N) is 1. The Bertz CT molecular complexity index is 1920. The van der Waals surface area contributed by atoms with Gasteiger partial charge in [-0.3, -0.25) is 9.59 Å². The molecule has 12 heteroatoms. The van der Waals surface area contributed by atoms with Gasteiger partial charge in [-0.05, 0) is 60.0 Å². The molecule has 1 aliphatic carbocycles. The van der Waals surface area contributed by atoms with E-state index in [4.69, 9.17) is 13.9 Å². The number of amides is 2. The highest BCUT2D eigenvalue weighted by Crippen LogP contribution is 2.51. The van der Waals surface area contributed by atoms with Gasteiger partial charge in [-0.2, -0.15) is 0 Å². The highest BCUT2D eigenvalue weighted by Gasteiger charge is 2.51. The van der Waals surface area contributed by atoms with E-state index < -0.39 is 47.4 Å². The first-order chi connectivity index (χ1) is 22.7. The van der Waals surface area contributed by atoms with Gasteiger partial charge in [0.1, 0.15) is 29.2 Å². The van der Waals surface area contributed by atoms with Crippen molar-refractivity contribution in [1.82, 2.24) is 10.2 Å². The lowest BCUT2D eigenvalue weighted by Gasteiger charge is -2.40. The Labute approximate surface area is 268 Å². The molecule has 4 unspecified atom stereocenters. The van der Waals surface area contributed by atoms with Crippen LogP contribution in [0.4, 0.5) is 4.39 Å². The average molecular weight is 645 g/mol. The molecule has 0 bridgehead atoms. The van der Waals surface area contributed by atoms with E-state index in [-0.39, 0.29) is 60.9 Å². The molecule has 4 aromatic rings. The normalized spacial score (nSPS) is 19.7. The summed E-state index contributed by atoms with van der Waals surface area (Å²) in [7, 11) is 1.42. The Hall–Kier alpha value is -5.04. The fraction of sp³-hybridized carbons (Fsp3) is 0.286. The van der Waals surface area contributed by atoms with Crippen LogP contribution in [-0.2, 0) is 17.8 Å². The van der Waals surface area contributed by atoms with Gasteiger partial charge in [-0.15, -0.1) is 0 Å². The lowest BCUT2D eigenvalue weighted by Crippen LogP contribution is -2.56. The predicted molar refractivity (Wildman–Crippen MR) is 168 cm³/mol. The number of fused-ring (bicyclic) bond motifs is 4. The summed E-state index contributed by atoms with van der Waals surface area (Å²) in [5.41, 5.74) is 0.804. The minimum atomic E-state index is -1.42. The molecule has 0 radical (unpaired) electrons. The van der Waals surface area contributed by atoms with E-state index in [0.29, 0.717) is 22.1 Å². The van der Waals surface area contributed by atoms with E-state index >= 15 is 0 Å². The van der Waals surface area contributed by atoms with Crippen LogP contribution in [0.1, 0.15) is 33.0 Å².